The molecular formula is C46H54N8O6. The number of amides is 5. The van der Waals surface area contributed by atoms with Crippen molar-refractivity contribution in [1.29, 1.82) is 5.26 Å². The Hall–Kier alpha value is -5.81. The van der Waals surface area contributed by atoms with Crippen LogP contribution < -0.4 is 20.3 Å². The monoisotopic (exact) mass is 814 g/mol. The summed E-state index contributed by atoms with van der Waals surface area (Å²) >= 11 is 0. The van der Waals surface area contributed by atoms with Crippen LogP contribution >= 0.6 is 0 Å². The van der Waals surface area contributed by atoms with Crippen LogP contribution in [0.5, 0.6) is 5.75 Å². The first-order valence-electron chi connectivity index (χ1n) is 21.1. The van der Waals surface area contributed by atoms with E-state index in [9.17, 15) is 29.2 Å². The number of nitrogens with zero attached hydrogens (tertiary/aromatic N) is 7. The van der Waals surface area contributed by atoms with Crippen molar-refractivity contribution >= 4 is 41.0 Å². The normalized spacial score (nSPS) is 24.3. The molecule has 1 saturated carbocycles. The van der Waals surface area contributed by atoms with Gasteiger partial charge in [0.2, 0.25) is 11.8 Å². The standard InChI is InChI=1S/C46H54N8O6/c1-28-24-33(9-6-30(28)26-47)60-44-45(2,3)43(46(44,4)5)54-38(55)13-11-36(42(54)59)53-40(57)34-10-8-32(25-35(34)41(53)58)51-22-20-50(21-23-51)17-14-29-15-18-52(19-16-29)37-12-7-31(27-49-37)39(48)56/h6-10,12,24-25,27,29,36,43-44H,11,13-23H2,1-5H3,(H2,48,56). The number of primary amides is 1. The molecule has 1 atom stereocenters. The van der Waals surface area contributed by atoms with Crippen LogP contribution in [0, 0.1) is 35.0 Å². The minimum Gasteiger partial charge on any atom is -0.489 e. The van der Waals surface area contributed by atoms with Gasteiger partial charge >= 0.3 is 0 Å². The van der Waals surface area contributed by atoms with Crippen molar-refractivity contribution in [2.45, 2.75) is 84.9 Å². The first kappa shape index (κ1) is 40.9. The number of piperazine rings is 1. The Morgan fingerprint density at radius 2 is 1.55 bits per heavy atom. The Bertz CT molecular complexity index is 2250. The van der Waals surface area contributed by atoms with E-state index in [1.807, 2.05) is 52.8 Å². The number of fused-ring (bicyclic) bond motifs is 1. The van der Waals surface area contributed by atoms with Crippen molar-refractivity contribution in [2.75, 3.05) is 55.6 Å². The van der Waals surface area contributed by atoms with E-state index in [1.165, 1.54) is 4.90 Å². The van der Waals surface area contributed by atoms with Gasteiger partial charge in [-0.15, -0.1) is 0 Å². The number of likely N-dealkylation sites (tertiary alicyclic amines) is 1. The topological polar surface area (TPSA) is 173 Å². The van der Waals surface area contributed by atoms with Crippen molar-refractivity contribution in [1.82, 2.24) is 19.7 Å². The van der Waals surface area contributed by atoms with Crippen molar-refractivity contribution in [3.63, 3.8) is 0 Å². The van der Waals surface area contributed by atoms with Crippen LogP contribution in [-0.4, -0.2) is 113 Å². The summed E-state index contributed by atoms with van der Waals surface area (Å²) in [6.07, 6.45) is 4.59. The van der Waals surface area contributed by atoms with E-state index in [-0.39, 0.29) is 36.0 Å². The third-order valence-electron chi connectivity index (χ3n) is 13.8. The lowest BCUT2D eigenvalue weighted by atomic mass is 9.48. The number of aromatic nitrogens is 1. The summed E-state index contributed by atoms with van der Waals surface area (Å²) in [6, 6.07) is 14.8. The fraction of sp³-hybridized carbons (Fsp3) is 0.500. The zero-order valence-corrected chi connectivity index (χ0v) is 35.1. The number of benzene rings is 2. The molecule has 0 radical (unpaired) electrons. The molecule has 60 heavy (non-hydrogen) atoms. The average Bonchev–Trinajstić information content (AvgIpc) is 3.48. The Morgan fingerprint density at radius 3 is 2.18 bits per heavy atom. The van der Waals surface area contributed by atoms with Crippen LogP contribution in [0.2, 0.25) is 0 Å². The largest absolute Gasteiger partial charge is 0.489 e. The summed E-state index contributed by atoms with van der Waals surface area (Å²) in [5, 5.41) is 9.37. The summed E-state index contributed by atoms with van der Waals surface area (Å²) in [4.78, 5) is 81.2. The highest BCUT2D eigenvalue weighted by atomic mass is 16.5. The van der Waals surface area contributed by atoms with Crippen LogP contribution in [0.3, 0.4) is 0 Å². The molecule has 14 heteroatoms. The molecule has 14 nitrogen and oxygen atoms in total. The van der Waals surface area contributed by atoms with Gasteiger partial charge < -0.3 is 20.3 Å². The lowest BCUT2D eigenvalue weighted by Crippen LogP contribution is -2.77. The van der Waals surface area contributed by atoms with E-state index < -0.39 is 46.5 Å². The lowest BCUT2D eigenvalue weighted by molar-refractivity contribution is -0.216. The van der Waals surface area contributed by atoms with Crippen LogP contribution in [0.1, 0.15) is 102 Å². The third-order valence-corrected chi connectivity index (χ3v) is 13.8. The van der Waals surface area contributed by atoms with Gasteiger partial charge in [0.25, 0.3) is 17.7 Å². The van der Waals surface area contributed by atoms with Crippen LogP contribution in [0.15, 0.2) is 54.7 Å². The molecule has 1 unspecified atom stereocenters. The number of imide groups is 2. The molecule has 5 heterocycles. The molecule has 3 aromatic rings. The van der Waals surface area contributed by atoms with Gasteiger partial charge in [-0.1, -0.05) is 27.7 Å². The highest BCUT2D eigenvalue weighted by Gasteiger charge is 2.68. The smallest absolute Gasteiger partial charge is 0.262 e. The minimum atomic E-state index is -1.09. The van der Waals surface area contributed by atoms with E-state index in [2.05, 4.69) is 25.8 Å². The number of nitriles is 1. The Labute approximate surface area is 351 Å². The van der Waals surface area contributed by atoms with E-state index in [1.54, 1.807) is 36.5 Å². The highest BCUT2D eigenvalue weighted by Crippen LogP contribution is 2.58. The van der Waals surface area contributed by atoms with E-state index in [0.717, 1.165) is 87.0 Å². The van der Waals surface area contributed by atoms with Gasteiger partial charge in [-0.05, 0) is 99.2 Å². The fourth-order valence-corrected chi connectivity index (χ4v) is 10.8. The van der Waals surface area contributed by atoms with E-state index in [4.69, 9.17) is 10.5 Å². The maximum atomic E-state index is 14.4. The van der Waals surface area contributed by atoms with Gasteiger partial charge in [0.15, 0.2) is 0 Å². The number of ether oxygens (including phenoxy) is 1. The molecule has 314 valence electrons. The number of rotatable bonds is 10. The van der Waals surface area contributed by atoms with Crippen molar-refractivity contribution in [2.24, 2.45) is 22.5 Å². The van der Waals surface area contributed by atoms with Gasteiger partial charge in [0.05, 0.1) is 34.4 Å². The predicted octanol–water partition coefficient (Wildman–Crippen LogP) is 4.79. The number of pyridine rings is 1. The van der Waals surface area contributed by atoms with Crippen LogP contribution in [0.25, 0.3) is 0 Å². The van der Waals surface area contributed by atoms with Crippen LogP contribution in [0.4, 0.5) is 11.5 Å². The molecule has 0 bridgehead atoms. The maximum absolute atomic E-state index is 14.4. The Kier molecular flexibility index (Phi) is 10.7. The van der Waals surface area contributed by atoms with Crippen molar-refractivity contribution in [3.8, 4) is 11.8 Å². The van der Waals surface area contributed by atoms with Gasteiger partial charge in [-0.3, -0.25) is 38.7 Å². The SMILES string of the molecule is Cc1cc(OC2C(C)(C)C(N3C(=O)CCC(N4C(=O)c5ccc(N6CCN(CCC7CCN(c8ccc(C(N)=O)cn8)CC7)CC6)cc5C4=O)C3=O)C2(C)C)ccc1C#N. The molecule has 5 amide bonds. The average molecular weight is 815 g/mol. The van der Waals surface area contributed by atoms with Gasteiger partial charge in [-0.2, -0.15) is 5.26 Å². The number of carbonyl (C=O) groups excluding carboxylic acids is 5. The number of piperidine rings is 2. The van der Waals surface area contributed by atoms with Crippen LogP contribution in [-0.2, 0) is 9.59 Å². The van der Waals surface area contributed by atoms with Crippen molar-refractivity contribution in [3.05, 3.63) is 82.5 Å². The predicted molar refractivity (Wildman–Crippen MR) is 224 cm³/mol. The number of anilines is 2. The Balaban J connectivity index is 0.866. The number of nitrogens with two attached hydrogens (primary N) is 1. The molecule has 2 N–H and O–H groups in total. The summed E-state index contributed by atoms with van der Waals surface area (Å²) in [5.74, 6) is -0.221. The molecule has 4 aliphatic heterocycles. The molecule has 2 aromatic carbocycles. The van der Waals surface area contributed by atoms with Gasteiger partial charge in [0.1, 0.15) is 23.7 Å². The first-order valence-corrected chi connectivity index (χ1v) is 21.1. The van der Waals surface area contributed by atoms with Crippen molar-refractivity contribution < 1.29 is 28.7 Å². The summed E-state index contributed by atoms with van der Waals surface area (Å²) in [6.45, 7) is 16.0. The molecule has 0 spiro atoms. The number of carbonyl (C=O) groups is 5. The first-order chi connectivity index (χ1) is 28.6. The minimum absolute atomic E-state index is 0.0348. The molecule has 8 rings (SSSR count). The van der Waals surface area contributed by atoms with E-state index >= 15 is 0 Å². The summed E-state index contributed by atoms with van der Waals surface area (Å²) < 4.78 is 6.49. The second kappa shape index (κ2) is 15.7. The lowest BCUT2D eigenvalue weighted by Gasteiger charge is -2.65. The Morgan fingerprint density at radius 1 is 0.850 bits per heavy atom. The molecular weight excluding hydrogens is 761 g/mol. The van der Waals surface area contributed by atoms with Gasteiger partial charge in [0, 0.05) is 68.4 Å². The zero-order valence-electron chi connectivity index (χ0n) is 35.1. The quantitative estimate of drug-likeness (QED) is 0.279. The number of aryl methyl sites for hydroxylation is 1. The summed E-state index contributed by atoms with van der Waals surface area (Å²) in [5.41, 5.74) is 7.26. The molecule has 5 aliphatic rings. The fourth-order valence-electron chi connectivity index (χ4n) is 10.8. The second-order valence-corrected chi connectivity index (χ2v) is 18.3. The molecule has 4 fully saturated rings. The number of hydrogen-bond acceptors (Lipinski definition) is 11. The van der Waals surface area contributed by atoms with Gasteiger partial charge in [-0.25, -0.2) is 4.98 Å². The molecule has 1 aliphatic carbocycles. The maximum Gasteiger partial charge on any atom is 0.262 e. The highest BCUT2D eigenvalue weighted by molar-refractivity contribution is 6.23. The molecule has 1 aromatic heterocycles. The van der Waals surface area contributed by atoms with E-state index in [0.29, 0.717) is 22.8 Å². The number of hydrogen-bond donors (Lipinski definition) is 1. The zero-order chi connectivity index (χ0) is 42.7. The summed E-state index contributed by atoms with van der Waals surface area (Å²) in [7, 11) is 0. The third kappa shape index (κ3) is 7.16. The molecule has 3 saturated heterocycles. The second-order valence-electron chi connectivity index (χ2n) is 18.3.